The minimum atomic E-state index is -0.298. The summed E-state index contributed by atoms with van der Waals surface area (Å²) >= 11 is 0. The third-order valence-corrected chi connectivity index (χ3v) is 4.37. The van der Waals surface area contributed by atoms with Crippen molar-refractivity contribution in [2.24, 2.45) is 0 Å². The lowest BCUT2D eigenvalue weighted by Crippen LogP contribution is -2.02. The molecule has 0 atom stereocenters. The lowest BCUT2D eigenvalue weighted by molar-refractivity contribution is -0.131. The average Bonchev–Trinajstić information content (AvgIpc) is 2.56. The summed E-state index contributed by atoms with van der Waals surface area (Å²) in [5.41, 5.74) is 1.21. The van der Waals surface area contributed by atoms with Crippen molar-refractivity contribution in [3.63, 3.8) is 0 Å². The lowest BCUT2D eigenvalue weighted by atomic mass is 9.93. The standard InChI is InChI=1S/C21H16O2/c1-13-16-8-4-3-7-15(16)11-20-17-9-5-6-10-18(17)21(12-19(13)20)23-14(2)22/h3-12H,1-2H3. The van der Waals surface area contributed by atoms with Gasteiger partial charge in [-0.3, -0.25) is 4.79 Å². The van der Waals surface area contributed by atoms with E-state index in [1.54, 1.807) is 0 Å². The van der Waals surface area contributed by atoms with Crippen LogP contribution < -0.4 is 4.74 Å². The second-order valence-corrected chi connectivity index (χ2v) is 5.83. The SMILES string of the molecule is CC(=O)Oc1cc2c(C)c3ccccc3cc2c2ccccc12. The van der Waals surface area contributed by atoms with Crippen molar-refractivity contribution < 1.29 is 9.53 Å². The largest absolute Gasteiger partial charge is 0.426 e. The monoisotopic (exact) mass is 300 g/mol. The Bertz CT molecular complexity index is 1080. The highest BCUT2D eigenvalue weighted by molar-refractivity contribution is 6.16. The van der Waals surface area contributed by atoms with Crippen LogP contribution in [0.25, 0.3) is 32.3 Å². The summed E-state index contributed by atoms with van der Waals surface area (Å²) in [4.78, 5) is 11.5. The van der Waals surface area contributed by atoms with Crippen LogP contribution in [0.15, 0.2) is 60.7 Å². The molecular weight excluding hydrogens is 284 g/mol. The van der Waals surface area contributed by atoms with E-state index >= 15 is 0 Å². The van der Waals surface area contributed by atoms with Crippen LogP contribution in [0.3, 0.4) is 0 Å². The van der Waals surface area contributed by atoms with Gasteiger partial charge in [-0.25, -0.2) is 0 Å². The normalized spacial score (nSPS) is 11.2. The summed E-state index contributed by atoms with van der Waals surface area (Å²) in [6.07, 6.45) is 0. The first-order valence-electron chi connectivity index (χ1n) is 7.67. The van der Waals surface area contributed by atoms with Crippen molar-refractivity contribution in [2.75, 3.05) is 0 Å². The van der Waals surface area contributed by atoms with E-state index in [1.165, 1.54) is 28.6 Å². The molecule has 0 spiro atoms. The number of carbonyl (C=O) groups excluding carboxylic acids is 1. The maximum absolute atomic E-state index is 11.5. The molecule has 2 nitrogen and oxygen atoms in total. The third-order valence-electron chi connectivity index (χ3n) is 4.37. The van der Waals surface area contributed by atoms with Crippen LogP contribution in [0, 0.1) is 6.92 Å². The molecule has 0 bridgehead atoms. The summed E-state index contributed by atoms with van der Waals surface area (Å²) in [7, 11) is 0. The molecule has 0 heterocycles. The molecule has 0 amide bonds. The summed E-state index contributed by atoms with van der Waals surface area (Å²) < 4.78 is 5.46. The van der Waals surface area contributed by atoms with Gasteiger partial charge in [-0.2, -0.15) is 0 Å². The molecule has 4 aromatic carbocycles. The number of hydrogen-bond donors (Lipinski definition) is 0. The van der Waals surface area contributed by atoms with Crippen LogP contribution in [-0.2, 0) is 4.79 Å². The number of aryl methyl sites for hydroxylation is 1. The Hall–Kier alpha value is -2.87. The molecule has 0 aliphatic rings. The maximum atomic E-state index is 11.5. The van der Waals surface area contributed by atoms with Gasteiger partial charge < -0.3 is 4.74 Å². The van der Waals surface area contributed by atoms with Gasteiger partial charge in [0.2, 0.25) is 0 Å². The van der Waals surface area contributed by atoms with Crippen LogP contribution in [0.4, 0.5) is 0 Å². The molecular formula is C21H16O2. The van der Waals surface area contributed by atoms with Crippen molar-refractivity contribution in [3.05, 3.63) is 66.2 Å². The molecule has 2 heteroatoms. The van der Waals surface area contributed by atoms with E-state index < -0.39 is 0 Å². The Morgan fingerprint density at radius 2 is 1.43 bits per heavy atom. The van der Waals surface area contributed by atoms with Crippen molar-refractivity contribution in [1.29, 1.82) is 0 Å². The van der Waals surface area contributed by atoms with Crippen molar-refractivity contribution >= 4 is 38.3 Å². The molecule has 4 rings (SSSR count). The Morgan fingerprint density at radius 1 is 0.783 bits per heavy atom. The summed E-state index contributed by atoms with van der Waals surface area (Å²) in [6.45, 7) is 3.56. The predicted molar refractivity (Wildman–Crippen MR) is 95.0 cm³/mol. The summed E-state index contributed by atoms with van der Waals surface area (Å²) in [6, 6.07) is 20.6. The summed E-state index contributed by atoms with van der Waals surface area (Å²) in [5.74, 6) is 0.326. The van der Waals surface area contributed by atoms with Crippen LogP contribution in [-0.4, -0.2) is 5.97 Å². The number of hydrogen-bond acceptors (Lipinski definition) is 2. The van der Waals surface area contributed by atoms with Gasteiger partial charge in [0.25, 0.3) is 0 Å². The average molecular weight is 300 g/mol. The molecule has 0 aliphatic carbocycles. The first-order valence-corrected chi connectivity index (χ1v) is 7.67. The van der Waals surface area contributed by atoms with Crippen molar-refractivity contribution in [2.45, 2.75) is 13.8 Å². The number of rotatable bonds is 1. The Morgan fingerprint density at radius 3 is 2.17 bits per heavy atom. The topological polar surface area (TPSA) is 26.3 Å². The molecule has 23 heavy (non-hydrogen) atoms. The van der Waals surface area contributed by atoms with Gasteiger partial charge in [-0.05, 0) is 51.6 Å². The van der Waals surface area contributed by atoms with E-state index in [4.69, 9.17) is 4.74 Å². The number of carbonyl (C=O) groups is 1. The van der Waals surface area contributed by atoms with Gasteiger partial charge in [0.15, 0.2) is 0 Å². The molecule has 0 N–H and O–H groups in total. The fourth-order valence-electron chi connectivity index (χ4n) is 3.33. The van der Waals surface area contributed by atoms with Crippen LogP contribution in [0.5, 0.6) is 5.75 Å². The van der Waals surface area contributed by atoms with E-state index in [0.29, 0.717) is 5.75 Å². The Balaban J connectivity index is 2.22. The minimum Gasteiger partial charge on any atom is -0.426 e. The van der Waals surface area contributed by atoms with Gasteiger partial charge >= 0.3 is 5.97 Å². The molecule has 0 radical (unpaired) electrons. The molecule has 0 fully saturated rings. The quantitative estimate of drug-likeness (QED) is 0.204. The predicted octanol–water partition coefficient (Wildman–Crippen LogP) is 5.38. The first kappa shape index (κ1) is 13.8. The van der Waals surface area contributed by atoms with Gasteiger partial charge in [-0.15, -0.1) is 0 Å². The number of esters is 1. The molecule has 0 aliphatic heterocycles. The highest BCUT2D eigenvalue weighted by Gasteiger charge is 2.12. The second kappa shape index (κ2) is 5.10. The van der Waals surface area contributed by atoms with E-state index in [0.717, 1.165) is 16.2 Å². The molecule has 0 aromatic heterocycles. The second-order valence-electron chi connectivity index (χ2n) is 5.83. The molecule has 4 aromatic rings. The zero-order chi connectivity index (χ0) is 16.0. The number of ether oxygens (including phenoxy) is 1. The van der Waals surface area contributed by atoms with E-state index in [1.807, 2.05) is 24.3 Å². The highest BCUT2D eigenvalue weighted by Crippen LogP contribution is 2.37. The van der Waals surface area contributed by atoms with Crippen LogP contribution >= 0.6 is 0 Å². The molecule has 0 saturated carbocycles. The van der Waals surface area contributed by atoms with E-state index in [-0.39, 0.29) is 5.97 Å². The smallest absolute Gasteiger partial charge is 0.308 e. The molecule has 0 saturated heterocycles. The van der Waals surface area contributed by atoms with Crippen molar-refractivity contribution in [1.82, 2.24) is 0 Å². The Labute approximate surface area is 134 Å². The van der Waals surface area contributed by atoms with Gasteiger partial charge in [0.05, 0.1) is 0 Å². The first-order chi connectivity index (χ1) is 11.1. The fraction of sp³-hybridized carbons (Fsp3) is 0.0952. The van der Waals surface area contributed by atoms with Gasteiger partial charge in [-0.1, -0.05) is 48.5 Å². The summed E-state index contributed by atoms with van der Waals surface area (Å²) in [5, 5.41) is 6.83. The van der Waals surface area contributed by atoms with E-state index in [9.17, 15) is 4.79 Å². The third kappa shape index (κ3) is 2.15. The van der Waals surface area contributed by atoms with Crippen LogP contribution in [0.1, 0.15) is 12.5 Å². The highest BCUT2D eigenvalue weighted by atomic mass is 16.5. The molecule has 112 valence electrons. The van der Waals surface area contributed by atoms with Gasteiger partial charge in [0, 0.05) is 12.3 Å². The lowest BCUT2D eigenvalue weighted by Gasteiger charge is -2.13. The van der Waals surface area contributed by atoms with Crippen molar-refractivity contribution in [3.8, 4) is 5.75 Å². The maximum Gasteiger partial charge on any atom is 0.308 e. The van der Waals surface area contributed by atoms with E-state index in [2.05, 4.69) is 43.3 Å². The minimum absolute atomic E-state index is 0.298. The zero-order valence-corrected chi connectivity index (χ0v) is 13.1. The zero-order valence-electron chi connectivity index (χ0n) is 13.1. The molecule has 0 unspecified atom stereocenters. The fourth-order valence-corrected chi connectivity index (χ4v) is 3.33. The Kier molecular flexibility index (Phi) is 3.05. The number of benzene rings is 4. The van der Waals surface area contributed by atoms with Crippen LogP contribution in [0.2, 0.25) is 0 Å². The number of fused-ring (bicyclic) bond motifs is 4. The van der Waals surface area contributed by atoms with Gasteiger partial charge in [0.1, 0.15) is 5.75 Å².